The molecule has 32 heavy (non-hydrogen) atoms. The maximum Gasteiger partial charge on any atom is 0.130 e. The SMILES string of the molecule is CCN1CCC(C#N)(c2cc(N3CCOC[C@H]3C)nc3c(-c4ccn[nH]4)nccc23)CC1. The van der Waals surface area contributed by atoms with Crippen LogP contribution in [0, 0.1) is 11.3 Å². The van der Waals surface area contributed by atoms with E-state index in [2.05, 4.69) is 51.0 Å². The zero-order valence-electron chi connectivity index (χ0n) is 18.7. The van der Waals surface area contributed by atoms with Gasteiger partial charge in [-0.15, -0.1) is 0 Å². The molecule has 166 valence electrons. The van der Waals surface area contributed by atoms with Gasteiger partial charge in [-0.3, -0.25) is 10.1 Å². The number of morpholine rings is 1. The van der Waals surface area contributed by atoms with Crippen molar-refractivity contribution >= 4 is 16.7 Å². The lowest BCUT2D eigenvalue weighted by molar-refractivity contribution is 0.0985. The van der Waals surface area contributed by atoms with Crippen molar-refractivity contribution < 1.29 is 4.74 Å². The van der Waals surface area contributed by atoms with E-state index in [4.69, 9.17) is 9.72 Å². The summed E-state index contributed by atoms with van der Waals surface area (Å²) < 4.78 is 5.66. The highest BCUT2D eigenvalue weighted by atomic mass is 16.5. The summed E-state index contributed by atoms with van der Waals surface area (Å²) >= 11 is 0. The summed E-state index contributed by atoms with van der Waals surface area (Å²) in [6.07, 6.45) is 5.17. The number of ether oxygens (including phenoxy) is 1. The summed E-state index contributed by atoms with van der Waals surface area (Å²) in [5, 5.41) is 18.6. The number of piperidine rings is 1. The van der Waals surface area contributed by atoms with E-state index >= 15 is 0 Å². The molecule has 0 radical (unpaired) electrons. The summed E-state index contributed by atoms with van der Waals surface area (Å²) in [6, 6.07) is 9.02. The first-order valence-electron chi connectivity index (χ1n) is 11.4. The minimum Gasteiger partial charge on any atom is -0.377 e. The van der Waals surface area contributed by atoms with Gasteiger partial charge in [-0.25, -0.2) is 4.98 Å². The normalized spacial score (nSPS) is 21.5. The Labute approximate surface area is 188 Å². The van der Waals surface area contributed by atoms with Crippen molar-refractivity contribution in [2.75, 3.05) is 44.3 Å². The number of anilines is 1. The molecule has 8 nitrogen and oxygen atoms in total. The summed E-state index contributed by atoms with van der Waals surface area (Å²) in [5.74, 6) is 0.893. The van der Waals surface area contributed by atoms with Crippen LogP contribution in [0.25, 0.3) is 22.3 Å². The lowest BCUT2D eigenvalue weighted by atomic mass is 9.72. The van der Waals surface area contributed by atoms with Crippen molar-refractivity contribution in [3.05, 3.63) is 36.2 Å². The average molecular weight is 432 g/mol. The van der Waals surface area contributed by atoms with Crippen molar-refractivity contribution in [1.82, 2.24) is 25.1 Å². The van der Waals surface area contributed by atoms with Gasteiger partial charge in [-0.1, -0.05) is 6.92 Å². The van der Waals surface area contributed by atoms with Crippen LogP contribution in [-0.4, -0.2) is 70.5 Å². The quantitative estimate of drug-likeness (QED) is 0.678. The maximum atomic E-state index is 10.5. The van der Waals surface area contributed by atoms with Gasteiger partial charge in [0.1, 0.15) is 17.0 Å². The third kappa shape index (κ3) is 3.51. The van der Waals surface area contributed by atoms with Crippen molar-refractivity contribution in [3.8, 4) is 17.5 Å². The van der Waals surface area contributed by atoms with E-state index in [-0.39, 0.29) is 6.04 Å². The van der Waals surface area contributed by atoms with Crippen LogP contribution in [0.5, 0.6) is 0 Å². The number of pyridine rings is 2. The number of aromatic amines is 1. The third-order valence-corrected chi connectivity index (χ3v) is 7.02. The predicted molar refractivity (Wildman–Crippen MR) is 123 cm³/mol. The lowest BCUT2D eigenvalue weighted by Gasteiger charge is -2.39. The fraction of sp³-hybridized carbons (Fsp3) is 0.500. The molecule has 1 atom stereocenters. The van der Waals surface area contributed by atoms with Gasteiger partial charge in [0.05, 0.1) is 36.4 Å². The van der Waals surface area contributed by atoms with E-state index in [1.807, 2.05) is 18.3 Å². The molecule has 5 heterocycles. The largest absolute Gasteiger partial charge is 0.377 e. The van der Waals surface area contributed by atoms with Gasteiger partial charge >= 0.3 is 0 Å². The molecule has 3 aromatic rings. The predicted octanol–water partition coefficient (Wildman–Crippen LogP) is 3.12. The number of nitrogens with one attached hydrogen (secondary N) is 1. The fourth-order valence-electron chi connectivity index (χ4n) is 5.03. The summed E-state index contributed by atoms with van der Waals surface area (Å²) in [7, 11) is 0. The number of rotatable bonds is 4. The lowest BCUT2D eigenvalue weighted by Crippen LogP contribution is -2.45. The molecule has 0 aliphatic carbocycles. The average Bonchev–Trinajstić information content (AvgIpc) is 3.38. The Morgan fingerprint density at radius 1 is 1.25 bits per heavy atom. The number of nitriles is 1. The first-order chi connectivity index (χ1) is 15.6. The molecule has 0 saturated carbocycles. The number of hydrogen-bond donors (Lipinski definition) is 1. The molecule has 5 rings (SSSR count). The molecule has 8 heteroatoms. The topological polar surface area (TPSA) is 94.0 Å². The number of hydrogen-bond acceptors (Lipinski definition) is 7. The standard InChI is InChI=1S/C24H29N7O/c1-3-30-10-6-24(16-25,7-11-30)19-14-21(31-12-13-32-15-17(31)2)28-22-18(19)4-8-26-23(22)20-5-9-27-29-20/h4-5,8-9,14,17H,3,6-7,10-13,15H2,1-2H3,(H,27,29)/t17-/m1/s1. The molecule has 2 fully saturated rings. The molecule has 2 saturated heterocycles. The molecule has 2 aliphatic rings. The van der Waals surface area contributed by atoms with Crippen LogP contribution in [-0.2, 0) is 10.2 Å². The number of fused-ring (bicyclic) bond motifs is 1. The van der Waals surface area contributed by atoms with Crippen LogP contribution in [0.15, 0.2) is 30.6 Å². The molecular weight excluding hydrogens is 402 g/mol. The Morgan fingerprint density at radius 2 is 2.09 bits per heavy atom. The van der Waals surface area contributed by atoms with Crippen molar-refractivity contribution in [2.45, 2.75) is 38.1 Å². The molecule has 0 bridgehead atoms. The number of nitrogens with zero attached hydrogens (tertiary/aromatic N) is 6. The van der Waals surface area contributed by atoms with Crippen molar-refractivity contribution in [3.63, 3.8) is 0 Å². The van der Waals surface area contributed by atoms with Gasteiger partial charge in [-0.2, -0.15) is 10.4 Å². The first-order valence-corrected chi connectivity index (χ1v) is 11.4. The van der Waals surface area contributed by atoms with Crippen LogP contribution in [0.4, 0.5) is 5.82 Å². The summed E-state index contributed by atoms with van der Waals surface area (Å²) in [5.41, 5.74) is 2.94. The van der Waals surface area contributed by atoms with Crippen LogP contribution in [0.2, 0.25) is 0 Å². The molecule has 1 N–H and O–H groups in total. The van der Waals surface area contributed by atoms with E-state index in [0.29, 0.717) is 13.2 Å². The smallest absolute Gasteiger partial charge is 0.130 e. The zero-order valence-corrected chi connectivity index (χ0v) is 18.7. The molecule has 0 unspecified atom stereocenters. The van der Waals surface area contributed by atoms with Gasteiger partial charge in [0.15, 0.2) is 0 Å². The van der Waals surface area contributed by atoms with Crippen LogP contribution >= 0.6 is 0 Å². The van der Waals surface area contributed by atoms with E-state index in [1.54, 1.807) is 6.20 Å². The summed E-state index contributed by atoms with van der Waals surface area (Å²) in [4.78, 5) is 14.5. The van der Waals surface area contributed by atoms with Gasteiger partial charge < -0.3 is 14.5 Å². The Hall–Kier alpha value is -3.02. The van der Waals surface area contributed by atoms with Gasteiger partial charge in [0, 0.05) is 24.3 Å². The molecule has 0 spiro atoms. The van der Waals surface area contributed by atoms with E-state index < -0.39 is 5.41 Å². The monoisotopic (exact) mass is 431 g/mol. The van der Waals surface area contributed by atoms with Gasteiger partial charge in [0.25, 0.3) is 0 Å². The molecule has 2 aliphatic heterocycles. The Kier molecular flexibility index (Phi) is 5.53. The third-order valence-electron chi connectivity index (χ3n) is 7.02. The molecule has 3 aromatic heterocycles. The minimum atomic E-state index is -0.538. The van der Waals surface area contributed by atoms with Gasteiger partial charge in [-0.05, 0) is 63.2 Å². The zero-order chi connectivity index (χ0) is 22.1. The van der Waals surface area contributed by atoms with Crippen LogP contribution in [0.1, 0.15) is 32.3 Å². The minimum absolute atomic E-state index is 0.216. The van der Waals surface area contributed by atoms with E-state index in [9.17, 15) is 5.26 Å². The van der Waals surface area contributed by atoms with E-state index in [0.717, 1.165) is 72.7 Å². The molecule has 0 amide bonds. The second-order valence-electron chi connectivity index (χ2n) is 8.80. The van der Waals surface area contributed by atoms with Gasteiger partial charge in [0.2, 0.25) is 0 Å². The van der Waals surface area contributed by atoms with Crippen LogP contribution in [0.3, 0.4) is 0 Å². The van der Waals surface area contributed by atoms with Crippen LogP contribution < -0.4 is 4.90 Å². The number of aromatic nitrogens is 4. The molecule has 0 aromatic carbocycles. The molecular formula is C24H29N7O. The first kappa shape index (κ1) is 20.9. The number of H-pyrrole nitrogens is 1. The van der Waals surface area contributed by atoms with Crippen molar-refractivity contribution in [1.29, 1.82) is 5.26 Å². The second-order valence-corrected chi connectivity index (χ2v) is 8.80. The summed E-state index contributed by atoms with van der Waals surface area (Å²) in [6.45, 7) is 9.33. The highest BCUT2D eigenvalue weighted by Gasteiger charge is 2.39. The second kappa shape index (κ2) is 8.49. The Balaban J connectivity index is 1.72. The highest BCUT2D eigenvalue weighted by molar-refractivity contribution is 5.94. The van der Waals surface area contributed by atoms with Crippen molar-refractivity contribution in [2.24, 2.45) is 0 Å². The fourth-order valence-corrected chi connectivity index (χ4v) is 5.03. The Bertz CT molecular complexity index is 1130. The maximum absolute atomic E-state index is 10.5. The van der Waals surface area contributed by atoms with E-state index in [1.165, 1.54) is 0 Å². The number of likely N-dealkylation sites (tertiary alicyclic amines) is 1. The highest BCUT2D eigenvalue weighted by Crippen LogP contribution is 2.41. The Morgan fingerprint density at radius 3 is 2.78 bits per heavy atom.